The van der Waals surface area contributed by atoms with Gasteiger partial charge < -0.3 is 10.0 Å². The highest BCUT2D eigenvalue weighted by molar-refractivity contribution is 6.30. The van der Waals surface area contributed by atoms with Gasteiger partial charge in [0.25, 0.3) is 0 Å². The Kier molecular flexibility index (Phi) is 4.60. The van der Waals surface area contributed by atoms with E-state index in [1.54, 1.807) is 18.2 Å². The van der Waals surface area contributed by atoms with Crippen molar-refractivity contribution in [1.29, 1.82) is 0 Å². The fourth-order valence-electron chi connectivity index (χ4n) is 2.95. The molecule has 0 bridgehead atoms. The number of rotatable bonds is 3. The van der Waals surface area contributed by atoms with E-state index in [-0.39, 0.29) is 5.92 Å². The molecule has 1 aliphatic rings. The summed E-state index contributed by atoms with van der Waals surface area (Å²) in [7, 11) is 0. The molecule has 1 aromatic heterocycles. The number of hydrogen-bond acceptors (Lipinski definition) is 3. The van der Waals surface area contributed by atoms with Gasteiger partial charge in [-0.25, -0.2) is 4.98 Å². The first kappa shape index (κ1) is 15.3. The number of piperidine rings is 1. The van der Waals surface area contributed by atoms with Crippen molar-refractivity contribution in [2.75, 3.05) is 18.0 Å². The highest BCUT2D eigenvalue weighted by Crippen LogP contribution is 2.32. The number of aromatic nitrogens is 1. The Hall–Kier alpha value is -1.65. The van der Waals surface area contributed by atoms with Crippen molar-refractivity contribution in [1.82, 2.24) is 4.98 Å². The maximum Gasteiger partial charge on any atom is 0.214 e. The Labute approximate surface area is 134 Å². The average molecular weight is 321 g/mol. The molecule has 3 rings (SSSR count). The molecule has 5 heteroatoms. The summed E-state index contributed by atoms with van der Waals surface area (Å²) >= 11 is 5.88. The van der Waals surface area contributed by atoms with Gasteiger partial charge in [-0.05, 0) is 48.6 Å². The lowest BCUT2D eigenvalue weighted by Crippen LogP contribution is -2.36. The summed E-state index contributed by atoms with van der Waals surface area (Å²) in [6.07, 6.45) is 1.21. The molecule has 1 saturated heterocycles. The number of hydrogen-bond donors (Lipinski definition) is 1. The van der Waals surface area contributed by atoms with Crippen molar-refractivity contribution in [2.24, 2.45) is 5.92 Å². The number of pyridine rings is 1. The second kappa shape index (κ2) is 6.63. The van der Waals surface area contributed by atoms with E-state index in [0.29, 0.717) is 10.8 Å². The number of aliphatic hydroxyl groups excluding tert-OH is 1. The molecular weight excluding hydrogens is 303 g/mol. The topological polar surface area (TPSA) is 36.4 Å². The zero-order chi connectivity index (χ0) is 15.5. The number of anilines is 1. The molecule has 0 amide bonds. The average Bonchev–Trinajstić information content (AvgIpc) is 2.55. The highest BCUT2D eigenvalue weighted by atomic mass is 35.5. The molecule has 1 aromatic carbocycles. The van der Waals surface area contributed by atoms with E-state index in [0.717, 1.165) is 31.5 Å². The quantitative estimate of drug-likeness (QED) is 0.873. The van der Waals surface area contributed by atoms with Crippen LogP contribution in [0.15, 0.2) is 42.5 Å². The lowest BCUT2D eigenvalue weighted by molar-refractivity contribution is 0.0928. The number of nitrogens with zero attached hydrogens (tertiary/aromatic N) is 2. The summed E-state index contributed by atoms with van der Waals surface area (Å²) in [4.78, 5) is 5.98. The predicted molar refractivity (Wildman–Crippen MR) is 85.5 cm³/mol. The summed E-state index contributed by atoms with van der Waals surface area (Å²) in [6.45, 7) is 1.54. The lowest BCUT2D eigenvalue weighted by atomic mass is 9.87. The molecule has 3 nitrogen and oxygen atoms in total. The Balaban J connectivity index is 1.62. The van der Waals surface area contributed by atoms with Crippen molar-refractivity contribution in [2.45, 2.75) is 18.9 Å². The van der Waals surface area contributed by atoms with Crippen molar-refractivity contribution in [3.63, 3.8) is 0 Å². The second-order valence-corrected chi connectivity index (χ2v) is 6.08. The number of benzene rings is 1. The van der Waals surface area contributed by atoms with E-state index >= 15 is 0 Å². The summed E-state index contributed by atoms with van der Waals surface area (Å²) in [5.41, 5.74) is 0.895. The molecule has 1 fully saturated rings. The third kappa shape index (κ3) is 3.39. The standard InChI is InChI=1S/C17H18ClFN2O/c18-14-6-4-12(5-7-14)17(22)13-8-10-21(11-9-13)16-3-1-2-15(19)20-16/h1-7,13,17,22H,8-11H2. The minimum atomic E-state index is -0.486. The Morgan fingerprint density at radius 1 is 1.14 bits per heavy atom. The normalized spacial score (nSPS) is 17.5. The van der Waals surface area contributed by atoms with E-state index in [2.05, 4.69) is 9.88 Å². The fraction of sp³-hybridized carbons (Fsp3) is 0.353. The molecule has 2 heterocycles. The third-order valence-electron chi connectivity index (χ3n) is 4.22. The van der Waals surface area contributed by atoms with Crippen molar-refractivity contribution in [3.8, 4) is 0 Å². The molecule has 1 unspecified atom stereocenters. The van der Waals surface area contributed by atoms with Gasteiger partial charge in [0.15, 0.2) is 0 Å². The first-order chi connectivity index (χ1) is 10.6. The molecule has 0 saturated carbocycles. The van der Waals surface area contributed by atoms with Crippen molar-refractivity contribution < 1.29 is 9.50 Å². The monoisotopic (exact) mass is 320 g/mol. The fourth-order valence-corrected chi connectivity index (χ4v) is 3.08. The second-order valence-electron chi connectivity index (χ2n) is 5.64. The molecule has 2 aromatic rings. The van der Waals surface area contributed by atoms with Crippen LogP contribution in [-0.2, 0) is 0 Å². The van der Waals surface area contributed by atoms with Gasteiger partial charge in [0, 0.05) is 18.1 Å². The minimum absolute atomic E-state index is 0.200. The van der Waals surface area contributed by atoms with Gasteiger partial charge in [0.2, 0.25) is 5.95 Å². The van der Waals surface area contributed by atoms with Crippen molar-refractivity contribution in [3.05, 3.63) is 59.0 Å². The molecule has 1 N–H and O–H groups in total. The van der Waals surface area contributed by atoms with E-state index in [1.807, 2.05) is 18.2 Å². The molecule has 0 radical (unpaired) electrons. The van der Waals surface area contributed by atoms with E-state index in [4.69, 9.17) is 11.6 Å². The summed E-state index contributed by atoms with van der Waals surface area (Å²) in [5.74, 6) is 0.409. The maximum absolute atomic E-state index is 13.2. The maximum atomic E-state index is 13.2. The highest BCUT2D eigenvalue weighted by Gasteiger charge is 2.26. The predicted octanol–water partition coefficient (Wildman–Crippen LogP) is 3.82. The van der Waals surface area contributed by atoms with Gasteiger partial charge in [0.1, 0.15) is 5.82 Å². The lowest BCUT2D eigenvalue weighted by Gasteiger charge is -2.35. The van der Waals surface area contributed by atoms with Crippen LogP contribution in [0.2, 0.25) is 5.02 Å². The van der Waals surface area contributed by atoms with Crippen LogP contribution < -0.4 is 4.90 Å². The smallest absolute Gasteiger partial charge is 0.214 e. The van der Waals surface area contributed by atoms with Gasteiger partial charge in [-0.3, -0.25) is 0 Å². The van der Waals surface area contributed by atoms with Gasteiger partial charge in [-0.1, -0.05) is 29.8 Å². The first-order valence-electron chi connectivity index (χ1n) is 7.44. The summed E-state index contributed by atoms with van der Waals surface area (Å²) in [6, 6.07) is 12.2. The third-order valence-corrected chi connectivity index (χ3v) is 4.47. The largest absolute Gasteiger partial charge is 0.388 e. The molecule has 0 spiro atoms. The molecule has 0 aliphatic carbocycles. The van der Waals surface area contributed by atoms with E-state index < -0.39 is 12.1 Å². The van der Waals surface area contributed by atoms with Crippen LogP contribution in [0.1, 0.15) is 24.5 Å². The van der Waals surface area contributed by atoms with Crippen molar-refractivity contribution >= 4 is 17.4 Å². The van der Waals surface area contributed by atoms with E-state index in [9.17, 15) is 9.50 Å². The van der Waals surface area contributed by atoms with E-state index in [1.165, 1.54) is 6.07 Å². The van der Waals surface area contributed by atoms with Gasteiger partial charge in [-0.2, -0.15) is 4.39 Å². The molecule has 1 aliphatic heterocycles. The van der Waals surface area contributed by atoms with Gasteiger partial charge >= 0.3 is 0 Å². The van der Waals surface area contributed by atoms with Crippen LogP contribution in [0.3, 0.4) is 0 Å². The van der Waals surface area contributed by atoms with Crippen LogP contribution in [0.5, 0.6) is 0 Å². The number of halogens is 2. The molecule has 116 valence electrons. The first-order valence-corrected chi connectivity index (χ1v) is 7.82. The zero-order valence-corrected chi connectivity index (χ0v) is 12.9. The molecule has 1 atom stereocenters. The van der Waals surface area contributed by atoms with Crippen LogP contribution >= 0.6 is 11.6 Å². The van der Waals surface area contributed by atoms with Crippen LogP contribution in [0.25, 0.3) is 0 Å². The Morgan fingerprint density at radius 2 is 1.82 bits per heavy atom. The Morgan fingerprint density at radius 3 is 2.45 bits per heavy atom. The molecular formula is C17H18ClFN2O. The van der Waals surface area contributed by atoms with Crippen LogP contribution in [0, 0.1) is 11.9 Å². The summed E-state index contributed by atoms with van der Waals surface area (Å²) < 4.78 is 13.2. The van der Waals surface area contributed by atoms with Gasteiger partial charge in [0.05, 0.1) is 6.10 Å². The SMILES string of the molecule is OC(c1ccc(Cl)cc1)C1CCN(c2cccc(F)n2)CC1. The molecule has 22 heavy (non-hydrogen) atoms. The van der Waals surface area contributed by atoms with Crippen LogP contribution in [-0.4, -0.2) is 23.2 Å². The Bertz CT molecular complexity index is 627. The van der Waals surface area contributed by atoms with Crippen LogP contribution in [0.4, 0.5) is 10.2 Å². The minimum Gasteiger partial charge on any atom is -0.388 e. The number of aliphatic hydroxyl groups is 1. The zero-order valence-electron chi connectivity index (χ0n) is 12.1. The van der Waals surface area contributed by atoms with Gasteiger partial charge in [-0.15, -0.1) is 0 Å². The summed E-state index contributed by atoms with van der Waals surface area (Å²) in [5, 5.41) is 11.2.